The Hall–Kier alpha value is -1.35. The first-order valence-electron chi connectivity index (χ1n) is 8.64. The zero-order chi connectivity index (χ0) is 15.9. The smallest absolute Gasteiger partial charge is 0.239 e. The maximum absolute atomic E-state index is 12.9. The van der Waals surface area contributed by atoms with Crippen LogP contribution >= 0.6 is 0 Å². The molecule has 2 rings (SSSR count). The van der Waals surface area contributed by atoms with Gasteiger partial charge in [-0.15, -0.1) is 0 Å². The molecule has 0 radical (unpaired) electrons. The fraction of sp³-hybridized carbons (Fsp3) is 0.632. The summed E-state index contributed by atoms with van der Waals surface area (Å²) in [5.41, 5.74) is 1.26. The summed E-state index contributed by atoms with van der Waals surface area (Å²) in [4.78, 5) is 17.2. The Balaban J connectivity index is 1.98. The summed E-state index contributed by atoms with van der Waals surface area (Å²) in [7, 11) is 2.07. The quantitative estimate of drug-likeness (QED) is 0.830. The van der Waals surface area contributed by atoms with Crippen molar-refractivity contribution in [3.63, 3.8) is 0 Å². The van der Waals surface area contributed by atoms with Crippen molar-refractivity contribution in [3.05, 3.63) is 35.9 Å². The van der Waals surface area contributed by atoms with Gasteiger partial charge in [-0.1, -0.05) is 44.2 Å². The molecule has 1 heterocycles. The van der Waals surface area contributed by atoms with E-state index >= 15 is 0 Å². The SMILES string of the molecule is CC[C@@H](C(=O)N1CCC[C@H](C)CC1)N(C)Cc1ccccc1. The van der Waals surface area contributed by atoms with E-state index in [1.807, 2.05) is 6.07 Å². The highest BCUT2D eigenvalue weighted by atomic mass is 16.2. The topological polar surface area (TPSA) is 23.6 Å². The van der Waals surface area contributed by atoms with Gasteiger partial charge < -0.3 is 4.90 Å². The van der Waals surface area contributed by atoms with Gasteiger partial charge in [0.2, 0.25) is 5.91 Å². The third-order valence-electron chi connectivity index (χ3n) is 4.81. The molecule has 1 aliphatic rings. The molecule has 3 heteroatoms. The monoisotopic (exact) mass is 302 g/mol. The Morgan fingerprint density at radius 2 is 2.00 bits per heavy atom. The van der Waals surface area contributed by atoms with E-state index in [-0.39, 0.29) is 6.04 Å². The Morgan fingerprint density at radius 1 is 1.27 bits per heavy atom. The van der Waals surface area contributed by atoms with E-state index in [1.54, 1.807) is 0 Å². The summed E-state index contributed by atoms with van der Waals surface area (Å²) in [6.45, 7) is 7.10. The predicted molar refractivity (Wildman–Crippen MR) is 91.6 cm³/mol. The van der Waals surface area contributed by atoms with Crippen LogP contribution in [0.15, 0.2) is 30.3 Å². The van der Waals surface area contributed by atoms with Crippen LogP contribution in [0.5, 0.6) is 0 Å². The number of amides is 1. The zero-order valence-corrected chi connectivity index (χ0v) is 14.3. The van der Waals surface area contributed by atoms with Crippen molar-refractivity contribution in [2.75, 3.05) is 20.1 Å². The molecule has 1 aliphatic heterocycles. The summed E-state index contributed by atoms with van der Waals surface area (Å²) in [5, 5.41) is 0. The number of hydrogen-bond donors (Lipinski definition) is 0. The van der Waals surface area contributed by atoms with Crippen LogP contribution in [0.4, 0.5) is 0 Å². The second-order valence-electron chi connectivity index (χ2n) is 6.69. The van der Waals surface area contributed by atoms with Crippen LogP contribution in [0.3, 0.4) is 0 Å². The number of carbonyl (C=O) groups excluding carboxylic acids is 1. The Morgan fingerprint density at radius 3 is 2.68 bits per heavy atom. The Labute approximate surface area is 135 Å². The van der Waals surface area contributed by atoms with Gasteiger partial charge in [-0.2, -0.15) is 0 Å². The van der Waals surface area contributed by atoms with E-state index in [2.05, 4.69) is 55.0 Å². The second kappa shape index (κ2) is 8.33. The lowest BCUT2D eigenvalue weighted by Gasteiger charge is -2.31. The van der Waals surface area contributed by atoms with Gasteiger partial charge in [0.1, 0.15) is 0 Å². The molecule has 0 aliphatic carbocycles. The molecular weight excluding hydrogens is 272 g/mol. The average molecular weight is 302 g/mol. The lowest BCUT2D eigenvalue weighted by atomic mass is 10.0. The minimum absolute atomic E-state index is 0.00591. The first kappa shape index (κ1) is 17.0. The lowest BCUT2D eigenvalue weighted by molar-refractivity contribution is -0.136. The van der Waals surface area contributed by atoms with Crippen LogP contribution < -0.4 is 0 Å². The molecule has 0 unspecified atom stereocenters. The first-order chi connectivity index (χ1) is 10.6. The molecule has 1 fully saturated rings. The van der Waals surface area contributed by atoms with Crippen molar-refractivity contribution in [3.8, 4) is 0 Å². The normalized spacial score (nSPS) is 20.7. The van der Waals surface area contributed by atoms with E-state index < -0.39 is 0 Å². The van der Waals surface area contributed by atoms with Gasteiger partial charge in [-0.3, -0.25) is 9.69 Å². The van der Waals surface area contributed by atoms with Gasteiger partial charge in [0.05, 0.1) is 6.04 Å². The number of rotatable bonds is 5. The van der Waals surface area contributed by atoms with E-state index in [9.17, 15) is 4.79 Å². The highest BCUT2D eigenvalue weighted by molar-refractivity contribution is 5.81. The second-order valence-corrected chi connectivity index (χ2v) is 6.69. The molecule has 1 saturated heterocycles. The maximum atomic E-state index is 12.9. The average Bonchev–Trinajstić information content (AvgIpc) is 2.73. The van der Waals surface area contributed by atoms with E-state index in [0.717, 1.165) is 44.8 Å². The van der Waals surface area contributed by atoms with E-state index in [0.29, 0.717) is 5.91 Å². The molecule has 2 atom stereocenters. The third kappa shape index (κ3) is 4.57. The largest absolute Gasteiger partial charge is 0.341 e. The molecule has 1 aromatic carbocycles. The Kier molecular flexibility index (Phi) is 6.44. The number of carbonyl (C=O) groups is 1. The third-order valence-corrected chi connectivity index (χ3v) is 4.81. The standard InChI is InChI=1S/C19H30N2O/c1-4-18(20(3)15-17-10-6-5-7-11-17)19(22)21-13-8-9-16(2)12-14-21/h5-7,10-11,16,18H,4,8-9,12-15H2,1-3H3/t16-,18-/m0/s1. The van der Waals surface area contributed by atoms with Gasteiger partial charge >= 0.3 is 0 Å². The summed E-state index contributed by atoms with van der Waals surface area (Å²) in [5.74, 6) is 1.06. The van der Waals surface area contributed by atoms with Crippen molar-refractivity contribution in [2.24, 2.45) is 5.92 Å². The molecule has 1 amide bonds. The van der Waals surface area contributed by atoms with Crippen molar-refractivity contribution in [2.45, 2.75) is 52.1 Å². The molecule has 0 N–H and O–H groups in total. The highest BCUT2D eigenvalue weighted by Crippen LogP contribution is 2.19. The number of nitrogens with zero attached hydrogens (tertiary/aromatic N) is 2. The van der Waals surface area contributed by atoms with Gasteiger partial charge in [0.25, 0.3) is 0 Å². The van der Waals surface area contributed by atoms with Crippen LogP contribution in [0.2, 0.25) is 0 Å². The molecule has 0 bridgehead atoms. The van der Waals surface area contributed by atoms with Gasteiger partial charge in [-0.25, -0.2) is 0 Å². The minimum Gasteiger partial charge on any atom is -0.341 e. The van der Waals surface area contributed by atoms with Crippen molar-refractivity contribution < 1.29 is 4.79 Å². The molecule has 22 heavy (non-hydrogen) atoms. The zero-order valence-electron chi connectivity index (χ0n) is 14.3. The molecule has 122 valence electrons. The summed E-state index contributed by atoms with van der Waals surface area (Å²) in [6.07, 6.45) is 4.41. The van der Waals surface area contributed by atoms with Crippen molar-refractivity contribution in [1.29, 1.82) is 0 Å². The molecule has 0 spiro atoms. The molecule has 0 saturated carbocycles. The fourth-order valence-electron chi connectivity index (χ4n) is 3.35. The van der Waals surface area contributed by atoms with Crippen LogP contribution in [-0.2, 0) is 11.3 Å². The molecular formula is C19H30N2O. The first-order valence-corrected chi connectivity index (χ1v) is 8.64. The van der Waals surface area contributed by atoms with Gasteiger partial charge in [-0.05, 0) is 44.2 Å². The number of likely N-dealkylation sites (tertiary alicyclic amines) is 1. The Bertz CT molecular complexity index is 460. The van der Waals surface area contributed by atoms with Gasteiger partial charge in [0, 0.05) is 19.6 Å². The van der Waals surface area contributed by atoms with Crippen molar-refractivity contribution >= 4 is 5.91 Å². The van der Waals surface area contributed by atoms with E-state index in [4.69, 9.17) is 0 Å². The van der Waals surface area contributed by atoms with Gasteiger partial charge in [0.15, 0.2) is 0 Å². The number of likely N-dealkylation sites (N-methyl/N-ethyl adjacent to an activating group) is 1. The predicted octanol–water partition coefficient (Wildman–Crippen LogP) is 3.55. The maximum Gasteiger partial charge on any atom is 0.239 e. The summed E-state index contributed by atoms with van der Waals surface area (Å²) >= 11 is 0. The summed E-state index contributed by atoms with van der Waals surface area (Å²) < 4.78 is 0. The van der Waals surface area contributed by atoms with Crippen molar-refractivity contribution in [1.82, 2.24) is 9.80 Å². The molecule has 0 aromatic heterocycles. The van der Waals surface area contributed by atoms with Crippen LogP contribution in [0.25, 0.3) is 0 Å². The highest BCUT2D eigenvalue weighted by Gasteiger charge is 2.27. The lowest BCUT2D eigenvalue weighted by Crippen LogP contribution is -2.47. The summed E-state index contributed by atoms with van der Waals surface area (Å²) in [6, 6.07) is 10.4. The van der Waals surface area contributed by atoms with Crippen LogP contribution in [-0.4, -0.2) is 41.9 Å². The minimum atomic E-state index is -0.00591. The van der Waals surface area contributed by atoms with Crippen LogP contribution in [0, 0.1) is 5.92 Å². The molecule has 1 aromatic rings. The molecule has 3 nitrogen and oxygen atoms in total. The number of benzene rings is 1. The van der Waals surface area contributed by atoms with E-state index in [1.165, 1.54) is 12.0 Å². The fourth-order valence-corrected chi connectivity index (χ4v) is 3.35. The number of hydrogen-bond acceptors (Lipinski definition) is 2. The van der Waals surface area contributed by atoms with Crippen LogP contribution in [0.1, 0.15) is 45.1 Å².